The first kappa shape index (κ1) is 19.9. The van der Waals surface area contributed by atoms with E-state index in [-0.39, 0.29) is 12.2 Å². The van der Waals surface area contributed by atoms with E-state index < -0.39 is 36.0 Å². The molecule has 0 heterocycles. The van der Waals surface area contributed by atoms with E-state index in [1.54, 1.807) is 0 Å². The van der Waals surface area contributed by atoms with Gasteiger partial charge in [0, 0.05) is 12.2 Å². The maximum atomic E-state index is 13.8. The van der Waals surface area contributed by atoms with Gasteiger partial charge in [0.05, 0.1) is 0 Å². The van der Waals surface area contributed by atoms with Gasteiger partial charge in [0.2, 0.25) is 0 Å². The molecule has 0 aliphatic heterocycles. The highest BCUT2D eigenvalue weighted by atomic mass is 19.4. The van der Waals surface area contributed by atoms with Gasteiger partial charge in [0.15, 0.2) is 0 Å². The van der Waals surface area contributed by atoms with Crippen molar-refractivity contribution < 1.29 is 54.2 Å². The third kappa shape index (κ3) is 3.36. The van der Waals surface area contributed by atoms with Gasteiger partial charge in [-0.15, -0.1) is 0 Å². The molecular formula is C10H6F8O4. The second kappa shape index (κ2) is 5.93. The second-order valence-corrected chi connectivity index (χ2v) is 3.43. The maximum Gasteiger partial charge on any atom is 0.486 e. The summed E-state index contributed by atoms with van der Waals surface area (Å²) in [5.41, 5.74) is 0. The van der Waals surface area contributed by atoms with Crippen molar-refractivity contribution in [2.75, 3.05) is 0 Å². The molecule has 0 aliphatic rings. The summed E-state index contributed by atoms with van der Waals surface area (Å²) < 4.78 is 108. The Kier molecular flexibility index (Phi) is 5.35. The van der Waals surface area contributed by atoms with Gasteiger partial charge in [-0.2, -0.15) is 35.1 Å². The number of hydrogen-bond acceptors (Lipinski definition) is 4. The Labute approximate surface area is 117 Å². The highest BCUT2D eigenvalue weighted by Crippen LogP contribution is 2.53. The lowest BCUT2D eigenvalue weighted by Crippen LogP contribution is -2.65. The van der Waals surface area contributed by atoms with Gasteiger partial charge >= 0.3 is 36.0 Å². The Morgan fingerprint density at radius 3 is 1.27 bits per heavy atom. The Morgan fingerprint density at radius 1 is 0.727 bits per heavy atom. The Morgan fingerprint density at radius 2 is 1.05 bits per heavy atom. The van der Waals surface area contributed by atoms with Crippen molar-refractivity contribution in [3.05, 3.63) is 25.3 Å². The molecule has 0 atom stereocenters. The van der Waals surface area contributed by atoms with Gasteiger partial charge in [0.1, 0.15) is 0 Å². The van der Waals surface area contributed by atoms with Gasteiger partial charge in [-0.3, -0.25) is 0 Å². The molecule has 0 aromatic carbocycles. The van der Waals surface area contributed by atoms with Crippen LogP contribution in [0.3, 0.4) is 0 Å². The lowest BCUT2D eigenvalue weighted by Gasteiger charge is -2.35. The monoisotopic (exact) mass is 342 g/mol. The van der Waals surface area contributed by atoms with Crippen LogP contribution in [0.2, 0.25) is 0 Å². The molecule has 0 radical (unpaired) electrons. The van der Waals surface area contributed by atoms with E-state index in [0.29, 0.717) is 0 Å². The minimum absolute atomic E-state index is 0.0438. The topological polar surface area (TPSA) is 52.6 Å². The van der Waals surface area contributed by atoms with Crippen molar-refractivity contribution in [1.82, 2.24) is 0 Å². The summed E-state index contributed by atoms with van der Waals surface area (Å²) >= 11 is 0. The molecule has 12 heteroatoms. The van der Waals surface area contributed by atoms with Crippen LogP contribution in [0, 0.1) is 0 Å². The summed E-state index contributed by atoms with van der Waals surface area (Å²) in [5.74, 6) is -18.2. The summed E-state index contributed by atoms with van der Waals surface area (Å²) in [6.07, 6.45) is -7.04. The highest BCUT2D eigenvalue weighted by molar-refractivity contribution is 5.83. The summed E-state index contributed by atoms with van der Waals surface area (Å²) in [4.78, 5) is 21.3. The second-order valence-electron chi connectivity index (χ2n) is 3.43. The van der Waals surface area contributed by atoms with Crippen molar-refractivity contribution in [3.63, 3.8) is 0 Å². The van der Waals surface area contributed by atoms with Crippen molar-refractivity contribution in [2.24, 2.45) is 0 Å². The van der Waals surface area contributed by atoms with Gasteiger partial charge < -0.3 is 9.47 Å². The molecule has 0 amide bonds. The van der Waals surface area contributed by atoms with Crippen molar-refractivity contribution in [2.45, 2.75) is 24.1 Å². The number of rotatable bonds is 6. The molecule has 0 N–H and O–H groups in total. The molecule has 0 aromatic rings. The Bertz CT molecular complexity index is 460. The molecule has 4 nitrogen and oxygen atoms in total. The summed E-state index contributed by atoms with van der Waals surface area (Å²) in [6, 6.07) is -5.76. The standard InChI is InChI=1S/C10H6F8O4/c1-3-5(19)21-10(18,22-6(20)4-2)8(13,14)7(11,12)9(15,16)17/h3-4H,1-2H2. The molecule has 0 aromatic heterocycles. The average Bonchev–Trinajstić information content (AvgIpc) is 2.36. The number of hydrogen-bond donors (Lipinski definition) is 0. The first-order valence-corrected chi connectivity index (χ1v) is 4.88. The van der Waals surface area contributed by atoms with Crippen molar-refractivity contribution in [1.29, 1.82) is 0 Å². The first-order valence-electron chi connectivity index (χ1n) is 4.88. The van der Waals surface area contributed by atoms with Crippen LogP contribution in [0.4, 0.5) is 35.1 Å². The quantitative estimate of drug-likeness (QED) is 0.322. The Hall–Kier alpha value is -2.14. The predicted octanol–water partition coefficient (Wildman–Crippen LogP) is 2.90. The van der Waals surface area contributed by atoms with Crippen LogP contribution in [-0.2, 0) is 19.1 Å². The van der Waals surface area contributed by atoms with Crippen LogP contribution in [-0.4, -0.2) is 36.0 Å². The molecule has 0 aliphatic carbocycles. The number of carbonyl (C=O) groups is 2. The summed E-state index contributed by atoms with van der Waals surface area (Å²) in [6.45, 7) is 5.16. The third-order valence-electron chi connectivity index (χ3n) is 1.92. The lowest BCUT2D eigenvalue weighted by atomic mass is 10.1. The normalized spacial score (nSPS) is 13.3. The molecule has 0 unspecified atom stereocenters. The number of ether oxygens (including phenoxy) is 2. The van der Waals surface area contributed by atoms with Crippen LogP contribution < -0.4 is 0 Å². The van der Waals surface area contributed by atoms with Gasteiger partial charge in [-0.05, 0) is 0 Å². The van der Waals surface area contributed by atoms with Gasteiger partial charge in [-0.1, -0.05) is 13.2 Å². The number of esters is 2. The molecular weight excluding hydrogens is 336 g/mol. The van der Waals surface area contributed by atoms with E-state index in [2.05, 4.69) is 22.6 Å². The maximum absolute atomic E-state index is 13.8. The number of alkyl halides is 8. The minimum atomic E-state index is -7.04. The highest BCUT2D eigenvalue weighted by Gasteiger charge is 2.85. The zero-order valence-electron chi connectivity index (χ0n) is 10.2. The molecule has 126 valence electrons. The fraction of sp³-hybridized carbons (Fsp3) is 0.400. The van der Waals surface area contributed by atoms with Crippen LogP contribution in [0.1, 0.15) is 0 Å². The first-order chi connectivity index (χ1) is 9.66. The van der Waals surface area contributed by atoms with Crippen LogP contribution >= 0.6 is 0 Å². The van der Waals surface area contributed by atoms with E-state index >= 15 is 0 Å². The molecule has 0 saturated heterocycles. The zero-order chi connectivity index (χ0) is 18.0. The summed E-state index contributed by atoms with van der Waals surface area (Å²) in [7, 11) is 0. The van der Waals surface area contributed by atoms with Gasteiger partial charge in [-0.25, -0.2) is 9.59 Å². The summed E-state index contributed by atoms with van der Waals surface area (Å²) in [5, 5.41) is 0. The number of halogens is 8. The van der Waals surface area contributed by atoms with E-state index in [0.717, 1.165) is 0 Å². The SMILES string of the molecule is C=CC(=O)OC(F)(OC(=O)C=C)C(F)(F)C(F)(F)C(F)(F)F. The predicted molar refractivity (Wildman–Crippen MR) is 52.4 cm³/mol. The Balaban J connectivity index is 6.04. The van der Waals surface area contributed by atoms with Crippen molar-refractivity contribution in [3.8, 4) is 0 Å². The molecule has 22 heavy (non-hydrogen) atoms. The average molecular weight is 342 g/mol. The van der Waals surface area contributed by atoms with Gasteiger partial charge in [0.25, 0.3) is 0 Å². The number of carbonyl (C=O) groups excluding carboxylic acids is 2. The molecule has 0 spiro atoms. The lowest BCUT2D eigenvalue weighted by molar-refractivity contribution is -0.452. The third-order valence-corrected chi connectivity index (χ3v) is 1.92. The van der Waals surface area contributed by atoms with E-state index in [4.69, 9.17) is 0 Å². The molecule has 0 rings (SSSR count). The van der Waals surface area contributed by atoms with Crippen molar-refractivity contribution >= 4 is 11.9 Å². The molecule has 0 bridgehead atoms. The van der Waals surface area contributed by atoms with Crippen LogP contribution in [0.15, 0.2) is 25.3 Å². The molecule has 0 saturated carbocycles. The van der Waals surface area contributed by atoms with E-state index in [9.17, 15) is 44.7 Å². The fourth-order valence-corrected chi connectivity index (χ4v) is 0.857. The minimum Gasteiger partial charge on any atom is -0.386 e. The molecule has 0 fully saturated rings. The van der Waals surface area contributed by atoms with E-state index in [1.807, 2.05) is 0 Å². The zero-order valence-corrected chi connectivity index (χ0v) is 10.2. The largest absolute Gasteiger partial charge is 0.486 e. The smallest absolute Gasteiger partial charge is 0.386 e. The van der Waals surface area contributed by atoms with E-state index in [1.165, 1.54) is 0 Å². The fourth-order valence-electron chi connectivity index (χ4n) is 0.857. The van der Waals surface area contributed by atoms with Crippen LogP contribution in [0.5, 0.6) is 0 Å². The van der Waals surface area contributed by atoms with Crippen LogP contribution in [0.25, 0.3) is 0 Å².